The average molecular weight is 282 g/mol. The average Bonchev–Trinajstić information content (AvgIpc) is 2.56. The van der Waals surface area contributed by atoms with Crippen LogP contribution in [0, 0.1) is 10.8 Å². The number of anilines is 2. The molecule has 1 fully saturated rings. The number of rotatable bonds is 3. The van der Waals surface area contributed by atoms with Gasteiger partial charge in [-0.3, -0.25) is 10.8 Å². The highest BCUT2D eigenvalue weighted by Crippen LogP contribution is 2.17. The van der Waals surface area contributed by atoms with Crippen LogP contribution in [0.1, 0.15) is 0 Å². The van der Waals surface area contributed by atoms with Gasteiger partial charge in [0.2, 0.25) is 0 Å². The molecule has 1 aliphatic rings. The highest BCUT2D eigenvalue weighted by Gasteiger charge is 2.18. The Kier molecular flexibility index (Phi) is 3.68. The summed E-state index contributed by atoms with van der Waals surface area (Å²) in [6.45, 7) is 3.66. The minimum Gasteiger partial charge on any atom is -0.368 e. The number of nitrogens with zero attached hydrogens (tertiary/aromatic N) is 4. The molecule has 1 aliphatic heterocycles. The number of nitrogens with one attached hydrogen (secondary N) is 2. The molecule has 1 aromatic heterocycles. The Morgan fingerprint density at radius 2 is 1.57 bits per heavy atom. The molecule has 0 radical (unpaired) electrons. The van der Waals surface area contributed by atoms with Gasteiger partial charge in [0.05, 0.1) is 0 Å². The third-order valence-electron chi connectivity index (χ3n) is 3.69. The maximum absolute atomic E-state index is 7.65. The zero-order valence-corrected chi connectivity index (χ0v) is 11.7. The van der Waals surface area contributed by atoms with Crippen molar-refractivity contribution in [3.8, 4) is 0 Å². The summed E-state index contributed by atoms with van der Waals surface area (Å²) in [4.78, 5) is 4.55. The van der Waals surface area contributed by atoms with Crippen molar-refractivity contribution >= 4 is 17.8 Å². The third-order valence-corrected chi connectivity index (χ3v) is 3.69. The van der Waals surface area contributed by atoms with E-state index in [0.717, 1.165) is 38.3 Å². The number of para-hydroxylation sites is 1. The molecule has 0 aliphatic carbocycles. The van der Waals surface area contributed by atoms with E-state index in [9.17, 15) is 0 Å². The topological polar surface area (TPSA) is 72.0 Å². The zero-order chi connectivity index (χ0) is 14.7. The molecule has 0 atom stereocenters. The minimum atomic E-state index is 0.219. The van der Waals surface area contributed by atoms with Crippen molar-refractivity contribution in [2.24, 2.45) is 0 Å². The van der Waals surface area contributed by atoms with Crippen LogP contribution in [0.2, 0.25) is 0 Å². The van der Waals surface area contributed by atoms with Gasteiger partial charge in [-0.05, 0) is 24.3 Å². The molecular weight excluding hydrogens is 264 g/mol. The maximum atomic E-state index is 7.65. The van der Waals surface area contributed by atoms with Crippen LogP contribution in [-0.2, 0) is 0 Å². The van der Waals surface area contributed by atoms with E-state index in [0.29, 0.717) is 0 Å². The molecule has 0 unspecified atom stereocenters. The van der Waals surface area contributed by atoms with Crippen molar-refractivity contribution in [3.63, 3.8) is 0 Å². The summed E-state index contributed by atoms with van der Waals surface area (Å²) in [7, 11) is 0. The van der Waals surface area contributed by atoms with Gasteiger partial charge in [-0.2, -0.15) is 0 Å². The van der Waals surface area contributed by atoms with Gasteiger partial charge in [0.25, 0.3) is 0 Å². The summed E-state index contributed by atoms with van der Waals surface area (Å²) < 4.78 is 1.28. The Morgan fingerprint density at radius 1 is 0.905 bits per heavy atom. The molecule has 0 bridgehead atoms. The first-order chi connectivity index (χ1) is 10.3. The predicted octanol–water partition coefficient (Wildman–Crippen LogP) is 1.14. The number of hydrogen-bond donors (Lipinski definition) is 2. The molecule has 0 saturated carbocycles. The molecule has 0 spiro atoms. The van der Waals surface area contributed by atoms with Gasteiger partial charge < -0.3 is 9.80 Å². The lowest BCUT2D eigenvalue weighted by Crippen LogP contribution is -2.47. The van der Waals surface area contributed by atoms with Crippen molar-refractivity contribution in [1.29, 1.82) is 10.8 Å². The maximum Gasteiger partial charge on any atom is 0.149 e. The molecule has 3 rings (SSSR count). The second-order valence-electron chi connectivity index (χ2n) is 4.96. The zero-order valence-electron chi connectivity index (χ0n) is 11.7. The fraction of sp³-hybridized carbons (Fsp3) is 0.267. The fourth-order valence-electron chi connectivity index (χ4n) is 2.53. The summed E-state index contributed by atoms with van der Waals surface area (Å²) >= 11 is 0. The van der Waals surface area contributed by atoms with Crippen molar-refractivity contribution in [2.75, 3.05) is 36.0 Å². The molecule has 108 valence electrons. The molecule has 2 heterocycles. The SMILES string of the molecule is N=Cn1nc(N2CCN(c3ccccc3)CC2)ccc1=N. The summed E-state index contributed by atoms with van der Waals surface area (Å²) in [5.74, 6) is 0.821. The first kappa shape index (κ1) is 13.4. The van der Waals surface area contributed by atoms with Gasteiger partial charge in [-0.25, -0.2) is 4.68 Å². The largest absolute Gasteiger partial charge is 0.368 e. The molecular formula is C15H18N6. The van der Waals surface area contributed by atoms with Gasteiger partial charge in [-0.1, -0.05) is 18.2 Å². The van der Waals surface area contributed by atoms with Crippen LogP contribution >= 0.6 is 0 Å². The van der Waals surface area contributed by atoms with E-state index in [-0.39, 0.29) is 5.49 Å². The molecule has 6 nitrogen and oxygen atoms in total. The normalized spacial score (nSPS) is 15.0. The summed E-state index contributed by atoms with van der Waals surface area (Å²) in [5.41, 5.74) is 1.47. The van der Waals surface area contributed by atoms with E-state index in [1.807, 2.05) is 12.1 Å². The Labute approximate surface area is 123 Å². The molecule has 2 N–H and O–H groups in total. The van der Waals surface area contributed by atoms with Crippen LogP contribution in [0.4, 0.5) is 11.5 Å². The van der Waals surface area contributed by atoms with Crippen molar-refractivity contribution in [1.82, 2.24) is 9.78 Å². The van der Waals surface area contributed by atoms with Crippen LogP contribution in [-0.4, -0.2) is 42.3 Å². The van der Waals surface area contributed by atoms with Gasteiger partial charge in [-0.15, -0.1) is 5.10 Å². The van der Waals surface area contributed by atoms with E-state index in [1.54, 1.807) is 6.07 Å². The molecule has 21 heavy (non-hydrogen) atoms. The summed E-state index contributed by atoms with van der Waals surface area (Å²) in [6.07, 6.45) is 1.06. The smallest absolute Gasteiger partial charge is 0.149 e. The number of hydrogen-bond acceptors (Lipinski definition) is 5. The second kappa shape index (κ2) is 5.78. The standard InChI is InChI=1S/C15H18N6/c16-12-21-14(17)6-7-15(18-21)20-10-8-19(9-11-20)13-4-2-1-3-5-13/h1-7,12,16-17H,8-11H2. The predicted molar refractivity (Wildman–Crippen MR) is 83.1 cm³/mol. The first-order valence-corrected chi connectivity index (χ1v) is 6.98. The Balaban J connectivity index is 1.71. The highest BCUT2D eigenvalue weighted by atomic mass is 15.4. The lowest BCUT2D eigenvalue weighted by Gasteiger charge is -2.36. The Morgan fingerprint density at radius 3 is 2.24 bits per heavy atom. The first-order valence-electron chi connectivity index (χ1n) is 6.98. The van der Waals surface area contributed by atoms with E-state index >= 15 is 0 Å². The molecule has 0 amide bonds. The van der Waals surface area contributed by atoms with Gasteiger partial charge in [0.15, 0.2) is 0 Å². The fourth-order valence-corrected chi connectivity index (χ4v) is 2.53. The number of benzene rings is 1. The van der Waals surface area contributed by atoms with Crippen molar-refractivity contribution in [2.45, 2.75) is 0 Å². The van der Waals surface area contributed by atoms with E-state index in [4.69, 9.17) is 10.8 Å². The summed E-state index contributed by atoms with van der Waals surface area (Å²) in [6, 6.07) is 13.9. The molecule has 1 aromatic carbocycles. The van der Waals surface area contributed by atoms with Crippen LogP contribution in [0.5, 0.6) is 0 Å². The highest BCUT2D eigenvalue weighted by molar-refractivity contribution is 5.54. The van der Waals surface area contributed by atoms with Crippen molar-refractivity contribution in [3.05, 3.63) is 48.0 Å². The second-order valence-corrected chi connectivity index (χ2v) is 4.96. The summed E-state index contributed by atoms with van der Waals surface area (Å²) in [5, 5.41) is 19.2. The van der Waals surface area contributed by atoms with Gasteiger partial charge in [0.1, 0.15) is 17.6 Å². The third kappa shape index (κ3) is 2.79. The monoisotopic (exact) mass is 282 g/mol. The quantitative estimate of drug-likeness (QED) is 0.655. The minimum absolute atomic E-state index is 0.219. The number of aromatic nitrogens is 2. The number of piperazine rings is 1. The van der Waals surface area contributed by atoms with E-state index in [2.05, 4.69) is 39.2 Å². The Bertz CT molecular complexity index is 670. The van der Waals surface area contributed by atoms with Crippen LogP contribution in [0.15, 0.2) is 42.5 Å². The van der Waals surface area contributed by atoms with Crippen LogP contribution in [0.25, 0.3) is 0 Å². The van der Waals surface area contributed by atoms with Gasteiger partial charge >= 0.3 is 0 Å². The van der Waals surface area contributed by atoms with E-state index < -0.39 is 0 Å². The lowest BCUT2D eigenvalue weighted by atomic mass is 10.2. The van der Waals surface area contributed by atoms with E-state index in [1.165, 1.54) is 10.4 Å². The van der Waals surface area contributed by atoms with Gasteiger partial charge in [0, 0.05) is 31.9 Å². The Hall–Kier alpha value is -2.63. The molecule has 6 heteroatoms. The molecule has 2 aromatic rings. The van der Waals surface area contributed by atoms with Crippen LogP contribution < -0.4 is 15.3 Å². The van der Waals surface area contributed by atoms with Crippen molar-refractivity contribution < 1.29 is 0 Å². The van der Waals surface area contributed by atoms with Crippen LogP contribution in [0.3, 0.4) is 0 Å². The lowest BCUT2D eigenvalue weighted by molar-refractivity contribution is 0.638. The molecule has 1 saturated heterocycles.